The van der Waals surface area contributed by atoms with E-state index in [1.807, 2.05) is 0 Å². The number of methoxy groups -OCH3 is 1. The zero-order valence-electron chi connectivity index (χ0n) is 10.2. The Balaban J connectivity index is 2.24. The maximum atomic E-state index is 11.4. The maximum absolute atomic E-state index is 11.4. The maximum Gasteiger partial charge on any atom is 0.313 e. The SMILES string of the molecule is COC(=O)C1CCN(c2ncc(Cl)cc2[N+](=O)[O-])C1. The second-order valence-corrected chi connectivity index (χ2v) is 4.64. The summed E-state index contributed by atoms with van der Waals surface area (Å²) >= 11 is 5.71. The summed E-state index contributed by atoms with van der Waals surface area (Å²) in [6, 6.07) is 1.26. The van der Waals surface area contributed by atoms with Crippen LogP contribution in [-0.4, -0.2) is 36.1 Å². The van der Waals surface area contributed by atoms with Gasteiger partial charge < -0.3 is 9.64 Å². The van der Waals surface area contributed by atoms with Gasteiger partial charge in [-0.3, -0.25) is 14.9 Å². The third kappa shape index (κ3) is 2.76. The first-order valence-corrected chi connectivity index (χ1v) is 6.03. The summed E-state index contributed by atoms with van der Waals surface area (Å²) in [4.78, 5) is 27.6. The van der Waals surface area contributed by atoms with Crippen molar-refractivity contribution in [2.45, 2.75) is 6.42 Å². The lowest BCUT2D eigenvalue weighted by molar-refractivity contribution is -0.384. The Bertz CT molecular complexity index is 523. The van der Waals surface area contributed by atoms with Crippen molar-refractivity contribution in [3.05, 3.63) is 27.4 Å². The number of hydrogen-bond acceptors (Lipinski definition) is 6. The summed E-state index contributed by atoms with van der Waals surface area (Å²) in [6.07, 6.45) is 1.95. The molecule has 102 valence electrons. The predicted molar refractivity (Wildman–Crippen MR) is 68.2 cm³/mol. The molecule has 0 N–H and O–H groups in total. The Morgan fingerprint density at radius 2 is 2.42 bits per heavy atom. The highest BCUT2D eigenvalue weighted by Gasteiger charge is 2.33. The van der Waals surface area contributed by atoms with Crippen molar-refractivity contribution in [1.82, 2.24) is 4.98 Å². The smallest absolute Gasteiger partial charge is 0.313 e. The molecular formula is C11H12ClN3O4. The highest BCUT2D eigenvalue weighted by Crippen LogP contribution is 2.32. The van der Waals surface area contributed by atoms with E-state index in [2.05, 4.69) is 9.72 Å². The number of ether oxygens (including phenoxy) is 1. The van der Waals surface area contributed by atoms with Gasteiger partial charge in [0.05, 0.1) is 23.0 Å². The molecule has 0 radical (unpaired) electrons. The number of nitrogens with zero attached hydrogens (tertiary/aromatic N) is 3. The first-order valence-electron chi connectivity index (χ1n) is 5.65. The standard InChI is InChI=1S/C11H12ClN3O4/c1-19-11(16)7-2-3-14(6-7)10-9(15(17)18)4-8(12)5-13-10/h4-5,7H,2-3,6H2,1H3. The van der Waals surface area contributed by atoms with Crippen LogP contribution in [0.25, 0.3) is 0 Å². The van der Waals surface area contributed by atoms with Crippen LogP contribution in [0.1, 0.15) is 6.42 Å². The number of carbonyl (C=O) groups is 1. The van der Waals surface area contributed by atoms with Gasteiger partial charge in [0.25, 0.3) is 0 Å². The molecule has 1 atom stereocenters. The van der Waals surface area contributed by atoms with Crippen molar-refractivity contribution in [3.63, 3.8) is 0 Å². The topological polar surface area (TPSA) is 85.6 Å². The second kappa shape index (κ2) is 5.40. The van der Waals surface area contributed by atoms with Crippen LogP contribution in [0.2, 0.25) is 5.02 Å². The fourth-order valence-corrected chi connectivity index (χ4v) is 2.26. The van der Waals surface area contributed by atoms with Crippen molar-refractivity contribution in [1.29, 1.82) is 0 Å². The molecule has 2 rings (SSSR count). The van der Waals surface area contributed by atoms with Gasteiger partial charge >= 0.3 is 11.7 Å². The van der Waals surface area contributed by atoms with Crippen molar-refractivity contribution < 1.29 is 14.5 Å². The van der Waals surface area contributed by atoms with E-state index in [1.165, 1.54) is 19.4 Å². The van der Waals surface area contributed by atoms with Crippen molar-refractivity contribution >= 4 is 29.1 Å². The van der Waals surface area contributed by atoms with Crippen LogP contribution in [-0.2, 0) is 9.53 Å². The minimum Gasteiger partial charge on any atom is -0.469 e. The Morgan fingerprint density at radius 1 is 1.68 bits per heavy atom. The lowest BCUT2D eigenvalue weighted by atomic mass is 10.1. The van der Waals surface area contributed by atoms with E-state index in [0.717, 1.165) is 0 Å². The first kappa shape index (κ1) is 13.5. The molecular weight excluding hydrogens is 274 g/mol. The van der Waals surface area contributed by atoms with Crippen LogP contribution >= 0.6 is 11.6 Å². The van der Waals surface area contributed by atoms with E-state index in [4.69, 9.17) is 11.6 Å². The summed E-state index contributed by atoms with van der Waals surface area (Å²) in [6.45, 7) is 0.886. The van der Waals surface area contributed by atoms with Gasteiger partial charge in [-0.05, 0) is 6.42 Å². The molecule has 19 heavy (non-hydrogen) atoms. The van der Waals surface area contributed by atoms with Gasteiger partial charge in [-0.2, -0.15) is 0 Å². The number of anilines is 1. The molecule has 1 aliphatic rings. The molecule has 1 aromatic heterocycles. The van der Waals surface area contributed by atoms with Crippen molar-refractivity contribution in [2.24, 2.45) is 5.92 Å². The number of esters is 1. The molecule has 0 bridgehead atoms. The molecule has 0 aliphatic carbocycles. The number of aromatic nitrogens is 1. The van der Waals surface area contributed by atoms with Gasteiger partial charge in [0, 0.05) is 25.4 Å². The lowest BCUT2D eigenvalue weighted by Crippen LogP contribution is -2.25. The Kier molecular flexibility index (Phi) is 3.84. The van der Waals surface area contributed by atoms with Gasteiger partial charge in [-0.25, -0.2) is 4.98 Å². The summed E-state index contributed by atoms with van der Waals surface area (Å²) in [7, 11) is 1.33. The summed E-state index contributed by atoms with van der Waals surface area (Å²) in [5.74, 6) is -0.345. The monoisotopic (exact) mass is 285 g/mol. The molecule has 1 unspecified atom stereocenters. The van der Waals surface area contributed by atoms with Gasteiger partial charge in [-0.15, -0.1) is 0 Å². The van der Waals surface area contributed by atoms with Crippen LogP contribution in [0, 0.1) is 16.0 Å². The summed E-state index contributed by atoms with van der Waals surface area (Å²) in [5.41, 5.74) is -0.155. The van der Waals surface area contributed by atoms with Crippen molar-refractivity contribution in [3.8, 4) is 0 Å². The minimum absolute atomic E-state index is 0.155. The number of halogens is 1. The summed E-state index contributed by atoms with van der Waals surface area (Å²) in [5, 5.41) is 11.2. The van der Waals surface area contributed by atoms with E-state index in [9.17, 15) is 14.9 Å². The molecule has 8 heteroatoms. The predicted octanol–water partition coefficient (Wildman–Crippen LogP) is 1.64. The number of nitro groups is 1. The zero-order valence-corrected chi connectivity index (χ0v) is 11.0. The second-order valence-electron chi connectivity index (χ2n) is 4.21. The van der Waals surface area contributed by atoms with E-state index in [0.29, 0.717) is 19.5 Å². The first-order chi connectivity index (χ1) is 9.02. The lowest BCUT2D eigenvalue weighted by Gasteiger charge is -2.16. The van der Waals surface area contributed by atoms with Crippen LogP contribution in [0.3, 0.4) is 0 Å². The number of pyridine rings is 1. The molecule has 1 saturated heterocycles. The van der Waals surface area contributed by atoms with Gasteiger partial charge in [0.2, 0.25) is 5.82 Å². The molecule has 7 nitrogen and oxygen atoms in total. The van der Waals surface area contributed by atoms with E-state index >= 15 is 0 Å². The van der Waals surface area contributed by atoms with Gasteiger partial charge in [0.1, 0.15) is 0 Å². The molecule has 1 aliphatic heterocycles. The third-order valence-corrected chi connectivity index (χ3v) is 3.24. The highest BCUT2D eigenvalue weighted by molar-refractivity contribution is 6.30. The zero-order chi connectivity index (χ0) is 14.0. The Hall–Kier alpha value is -1.89. The van der Waals surface area contributed by atoms with Gasteiger partial charge in [-0.1, -0.05) is 11.6 Å². The largest absolute Gasteiger partial charge is 0.469 e. The third-order valence-electron chi connectivity index (χ3n) is 3.03. The van der Waals surface area contributed by atoms with Crippen LogP contribution in [0.5, 0.6) is 0 Å². The normalized spacial score (nSPS) is 18.4. The van der Waals surface area contributed by atoms with Crippen molar-refractivity contribution in [2.75, 3.05) is 25.1 Å². The fraction of sp³-hybridized carbons (Fsp3) is 0.455. The Labute approximate surface area is 114 Å². The van der Waals surface area contributed by atoms with Crippen LogP contribution in [0.15, 0.2) is 12.3 Å². The van der Waals surface area contributed by atoms with E-state index in [1.54, 1.807) is 4.90 Å². The number of rotatable bonds is 3. The molecule has 1 fully saturated rings. The molecule has 0 saturated carbocycles. The molecule has 0 amide bonds. The van der Waals surface area contributed by atoms with E-state index in [-0.39, 0.29) is 28.4 Å². The fourth-order valence-electron chi connectivity index (χ4n) is 2.11. The highest BCUT2D eigenvalue weighted by atomic mass is 35.5. The molecule has 0 aromatic carbocycles. The van der Waals surface area contributed by atoms with Gasteiger partial charge in [0.15, 0.2) is 0 Å². The molecule has 2 heterocycles. The quantitative estimate of drug-likeness (QED) is 0.477. The number of hydrogen-bond donors (Lipinski definition) is 0. The Morgan fingerprint density at radius 3 is 3.05 bits per heavy atom. The van der Waals surface area contributed by atoms with Crippen LogP contribution in [0.4, 0.5) is 11.5 Å². The van der Waals surface area contributed by atoms with Crippen LogP contribution < -0.4 is 4.90 Å². The minimum atomic E-state index is -0.528. The average Bonchev–Trinajstić information content (AvgIpc) is 2.87. The molecule has 1 aromatic rings. The molecule has 0 spiro atoms. The average molecular weight is 286 g/mol. The van der Waals surface area contributed by atoms with E-state index < -0.39 is 4.92 Å². The number of carbonyl (C=O) groups excluding carboxylic acids is 1. The summed E-state index contributed by atoms with van der Waals surface area (Å²) < 4.78 is 4.67.